The molecule has 0 radical (unpaired) electrons. The highest BCUT2D eigenvalue weighted by molar-refractivity contribution is 5.91. The van der Waals surface area contributed by atoms with Crippen LogP contribution in [0.1, 0.15) is 33.3 Å². The van der Waals surface area contributed by atoms with Gasteiger partial charge in [0.2, 0.25) is 0 Å². The van der Waals surface area contributed by atoms with E-state index in [0.717, 1.165) is 11.3 Å². The van der Waals surface area contributed by atoms with E-state index in [1.807, 2.05) is 45.0 Å². The van der Waals surface area contributed by atoms with Crippen molar-refractivity contribution < 1.29 is 9.53 Å². The summed E-state index contributed by atoms with van der Waals surface area (Å²) in [5, 5.41) is 0. The van der Waals surface area contributed by atoms with Gasteiger partial charge < -0.3 is 4.74 Å². The van der Waals surface area contributed by atoms with Gasteiger partial charge in [-0.15, -0.1) is 0 Å². The Hall–Kier alpha value is -1.31. The van der Waals surface area contributed by atoms with Crippen LogP contribution in [0.4, 0.5) is 0 Å². The van der Waals surface area contributed by atoms with E-state index in [2.05, 4.69) is 0 Å². The molecule has 0 fully saturated rings. The number of benzene rings is 1. The third kappa shape index (κ3) is 1.14. The van der Waals surface area contributed by atoms with Crippen molar-refractivity contribution in [2.45, 2.75) is 38.7 Å². The van der Waals surface area contributed by atoms with Crippen molar-refractivity contribution in [3.8, 4) is 5.75 Å². The van der Waals surface area contributed by atoms with Gasteiger partial charge >= 0.3 is 0 Å². The molecular formula is C13H16O2. The topological polar surface area (TPSA) is 26.3 Å². The minimum absolute atomic E-state index is 0.150. The summed E-state index contributed by atoms with van der Waals surface area (Å²) in [6, 6.07) is 7.78. The molecule has 0 saturated carbocycles. The maximum absolute atomic E-state index is 11.9. The van der Waals surface area contributed by atoms with Gasteiger partial charge in [-0.2, -0.15) is 0 Å². The van der Waals surface area contributed by atoms with Crippen molar-refractivity contribution in [1.29, 1.82) is 0 Å². The minimum Gasteiger partial charge on any atom is -0.486 e. The predicted molar refractivity (Wildman–Crippen MR) is 59.2 cm³/mol. The number of rotatable bonds is 1. The van der Waals surface area contributed by atoms with E-state index in [1.54, 1.807) is 6.92 Å². The van der Waals surface area contributed by atoms with E-state index < -0.39 is 11.0 Å². The first-order valence-corrected chi connectivity index (χ1v) is 5.19. The molecule has 0 N–H and O–H groups in total. The Morgan fingerprint density at radius 3 is 2.40 bits per heavy atom. The molecule has 0 amide bonds. The summed E-state index contributed by atoms with van der Waals surface area (Å²) in [5.41, 5.74) is -0.00551. The molecule has 2 rings (SSSR count). The molecule has 2 heteroatoms. The van der Waals surface area contributed by atoms with E-state index in [-0.39, 0.29) is 5.78 Å². The summed E-state index contributed by atoms with van der Waals surface area (Å²) < 4.78 is 5.85. The van der Waals surface area contributed by atoms with Gasteiger partial charge in [0.25, 0.3) is 0 Å². The zero-order valence-electron chi connectivity index (χ0n) is 9.63. The number of hydrogen-bond donors (Lipinski definition) is 0. The van der Waals surface area contributed by atoms with E-state index in [1.165, 1.54) is 0 Å². The van der Waals surface area contributed by atoms with Gasteiger partial charge in [0.1, 0.15) is 17.1 Å². The Morgan fingerprint density at radius 1 is 1.20 bits per heavy atom. The Morgan fingerprint density at radius 2 is 1.80 bits per heavy atom. The number of carbonyl (C=O) groups excluding carboxylic acids is 1. The van der Waals surface area contributed by atoms with Crippen LogP contribution >= 0.6 is 0 Å². The largest absolute Gasteiger partial charge is 0.486 e. The molecule has 0 spiro atoms. The lowest BCUT2D eigenvalue weighted by Gasteiger charge is -2.34. The number of fused-ring (bicyclic) bond motifs is 1. The van der Waals surface area contributed by atoms with Crippen molar-refractivity contribution in [3.63, 3.8) is 0 Å². The van der Waals surface area contributed by atoms with Gasteiger partial charge in [0, 0.05) is 5.56 Å². The molecule has 0 aliphatic carbocycles. The molecule has 0 bridgehead atoms. The highest BCUT2D eigenvalue weighted by Crippen LogP contribution is 2.49. The van der Waals surface area contributed by atoms with Crippen LogP contribution in [-0.2, 0) is 10.2 Å². The molecule has 1 atom stereocenters. The lowest BCUT2D eigenvalue weighted by Crippen LogP contribution is -2.49. The fraction of sp³-hybridized carbons (Fsp3) is 0.462. The second-order valence-corrected chi connectivity index (χ2v) is 4.79. The summed E-state index contributed by atoms with van der Waals surface area (Å²) in [7, 11) is 0. The van der Waals surface area contributed by atoms with Crippen LogP contribution in [0.2, 0.25) is 0 Å². The summed E-state index contributed by atoms with van der Waals surface area (Å²) in [4.78, 5) is 11.9. The number of para-hydroxylation sites is 1. The zero-order valence-corrected chi connectivity index (χ0v) is 9.63. The second-order valence-electron chi connectivity index (χ2n) is 4.79. The Kier molecular flexibility index (Phi) is 1.94. The first-order chi connectivity index (χ1) is 6.89. The van der Waals surface area contributed by atoms with Crippen LogP contribution in [0.15, 0.2) is 24.3 Å². The maximum atomic E-state index is 11.9. The molecule has 15 heavy (non-hydrogen) atoms. The van der Waals surface area contributed by atoms with Gasteiger partial charge in [-0.1, -0.05) is 18.2 Å². The Balaban J connectivity index is 2.67. The van der Waals surface area contributed by atoms with Gasteiger partial charge in [-0.05, 0) is 33.8 Å². The number of ether oxygens (including phenoxy) is 1. The fourth-order valence-corrected chi connectivity index (χ4v) is 2.28. The molecule has 1 aromatic rings. The first kappa shape index (κ1) is 10.2. The van der Waals surface area contributed by atoms with Crippen LogP contribution in [-0.4, -0.2) is 11.4 Å². The SMILES string of the molecule is CC(=O)C1(C)c2ccccc2OC1(C)C. The molecule has 1 unspecified atom stereocenters. The summed E-state index contributed by atoms with van der Waals surface area (Å²) >= 11 is 0. The third-order valence-corrected chi connectivity index (χ3v) is 3.70. The van der Waals surface area contributed by atoms with Crippen LogP contribution in [0, 0.1) is 0 Å². The van der Waals surface area contributed by atoms with Crippen molar-refractivity contribution >= 4 is 5.78 Å². The monoisotopic (exact) mass is 204 g/mol. The molecule has 1 aromatic carbocycles. The van der Waals surface area contributed by atoms with Crippen molar-refractivity contribution in [2.24, 2.45) is 0 Å². The minimum atomic E-state index is -0.538. The lowest BCUT2D eigenvalue weighted by molar-refractivity contribution is -0.126. The van der Waals surface area contributed by atoms with Crippen LogP contribution in [0.3, 0.4) is 0 Å². The van der Waals surface area contributed by atoms with Crippen molar-refractivity contribution in [1.82, 2.24) is 0 Å². The van der Waals surface area contributed by atoms with E-state index in [4.69, 9.17) is 4.74 Å². The average Bonchev–Trinajstić information content (AvgIpc) is 2.36. The summed E-state index contributed by atoms with van der Waals surface area (Å²) in [6.07, 6.45) is 0. The van der Waals surface area contributed by atoms with E-state index in [0.29, 0.717) is 0 Å². The molecule has 1 heterocycles. The standard InChI is InChI=1S/C13H16O2/c1-9(14)13(4)10-7-5-6-8-11(10)15-12(13,2)3/h5-8H,1-4H3. The van der Waals surface area contributed by atoms with Gasteiger partial charge in [-0.25, -0.2) is 0 Å². The van der Waals surface area contributed by atoms with Crippen LogP contribution in [0.5, 0.6) is 5.75 Å². The quantitative estimate of drug-likeness (QED) is 0.703. The first-order valence-electron chi connectivity index (χ1n) is 5.19. The highest BCUT2D eigenvalue weighted by atomic mass is 16.5. The molecule has 1 aliphatic heterocycles. The van der Waals surface area contributed by atoms with Gasteiger partial charge in [0.15, 0.2) is 0 Å². The third-order valence-electron chi connectivity index (χ3n) is 3.70. The average molecular weight is 204 g/mol. The van der Waals surface area contributed by atoms with Crippen LogP contribution < -0.4 is 4.74 Å². The van der Waals surface area contributed by atoms with Gasteiger partial charge in [-0.3, -0.25) is 4.79 Å². The predicted octanol–water partition coefficient (Wildman–Crippen LogP) is 2.70. The molecule has 0 saturated heterocycles. The van der Waals surface area contributed by atoms with E-state index >= 15 is 0 Å². The summed E-state index contributed by atoms with van der Waals surface area (Å²) in [6.45, 7) is 7.52. The maximum Gasteiger partial charge on any atom is 0.144 e. The van der Waals surface area contributed by atoms with Crippen molar-refractivity contribution in [3.05, 3.63) is 29.8 Å². The smallest absolute Gasteiger partial charge is 0.144 e. The normalized spacial score (nSPS) is 26.9. The molecule has 80 valence electrons. The lowest BCUT2D eigenvalue weighted by atomic mass is 9.69. The van der Waals surface area contributed by atoms with Crippen molar-refractivity contribution in [2.75, 3.05) is 0 Å². The number of carbonyl (C=O) groups is 1. The fourth-order valence-electron chi connectivity index (χ4n) is 2.28. The molecule has 0 aromatic heterocycles. The zero-order chi connectivity index (χ0) is 11.3. The van der Waals surface area contributed by atoms with Crippen LogP contribution in [0.25, 0.3) is 0 Å². The number of ketones is 1. The number of hydrogen-bond acceptors (Lipinski definition) is 2. The second kappa shape index (κ2) is 2.84. The Bertz CT molecular complexity index is 420. The molecular weight excluding hydrogens is 188 g/mol. The summed E-state index contributed by atoms with van der Waals surface area (Å²) in [5.74, 6) is 0.984. The Labute approximate surface area is 90.3 Å². The number of Topliss-reactive ketones (excluding diaryl/α,β-unsaturated/α-hetero) is 1. The van der Waals surface area contributed by atoms with E-state index in [9.17, 15) is 4.79 Å². The highest BCUT2D eigenvalue weighted by Gasteiger charge is 2.54. The molecule has 1 aliphatic rings. The van der Waals surface area contributed by atoms with Gasteiger partial charge in [0.05, 0.1) is 5.41 Å². The molecule has 2 nitrogen and oxygen atoms in total.